The van der Waals surface area contributed by atoms with Gasteiger partial charge in [0, 0.05) is 64.5 Å². The maximum Gasteiger partial charge on any atom is 0.407 e. The predicted molar refractivity (Wildman–Crippen MR) is 151 cm³/mol. The number of hydrogen-bond donors (Lipinski definition) is 2. The summed E-state index contributed by atoms with van der Waals surface area (Å²) in [7, 11) is 0. The fourth-order valence-corrected chi connectivity index (χ4v) is 5.40. The van der Waals surface area contributed by atoms with E-state index in [1.54, 1.807) is 9.80 Å². The molecule has 226 valence electrons. The van der Waals surface area contributed by atoms with E-state index in [4.69, 9.17) is 0 Å². The maximum absolute atomic E-state index is 14.0. The molecular weight excluding hydrogens is 566 g/mol. The lowest BCUT2D eigenvalue weighted by Crippen LogP contribution is -2.48. The number of carbonyl (C=O) groups excluding carboxylic acids is 1. The van der Waals surface area contributed by atoms with E-state index < -0.39 is 35.4 Å². The Balaban J connectivity index is 0.000000248. The summed E-state index contributed by atoms with van der Waals surface area (Å²) in [6.07, 6.45) is 1.78. The molecule has 2 amide bonds. The number of anilines is 2. The average molecular weight is 602 g/mol. The molecule has 5 rings (SSSR count). The molecule has 3 saturated heterocycles. The molecule has 2 aromatic rings. The first kappa shape index (κ1) is 32.3. The van der Waals surface area contributed by atoms with Crippen LogP contribution in [0.5, 0.6) is 0 Å². The number of amides is 2. The second-order valence-corrected chi connectivity index (χ2v) is 10.1. The standard InChI is InChI=1S/C17H21F2N3O3.C11H14F2N2.ClH/c18-12-4-5-14(13(19)11-12)20-6-2-7-21(10-9-20)16(23)15-3-1-8-22(15)17(24)25;12-9-2-3-11(10(13)8-9)15-6-1-4-14-5-7-15;/h4-5,11,15H,1-3,6-10H2,(H,24,25);2-3,8,14H,1,4-7H2;1H/t15-;;/m0../s1. The van der Waals surface area contributed by atoms with Crippen LogP contribution in [0.15, 0.2) is 36.4 Å². The van der Waals surface area contributed by atoms with Crippen LogP contribution in [-0.4, -0.2) is 91.9 Å². The van der Waals surface area contributed by atoms with E-state index in [0.29, 0.717) is 63.4 Å². The highest BCUT2D eigenvalue weighted by Crippen LogP contribution is 2.24. The molecule has 41 heavy (non-hydrogen) atoms. The summed E-state index contributed by atoms with van der Waals surface area (Å²) >= 11 is 0. The van der Waals surface area contributed by atoms with Crippen molar-refractivity contribution in [2.45, 2.75) is 31.7 Å². The molecule has 3 aliphatic rings. The van der Waals surface area contributed by atoms with Crippen LogP contribution in [-0.2, 0) is 4.79 Å². The minimum atomic E-state index is -1.07. The van der Waals surface area contributed by atoms with Crippen LogP contribution in [0, 0.1) is 23.3 Å². The number of carboxylic acid groups (broad SMARTS) is 1. The number of halogens is 5. The van der Waals surface area contributed by atoms with Crippen molar-refractivity contribution in [3.05, 3.63) is 59.7 Å². The molecule has 3 fully saturated rings. The first-order valence-corrected chi connectivity index (χ1v) is 13.6. The number of nitrogens with zero attached hydrogens (tertiary/aromatic N) is 4. The number of carbonyl (C=O) groups is 2. The molecule has 13 heteroatoms. The molecule has 0 spiro atoms. The molecule has 0 radical (unpaired) electrons. The van der Waals surface area contributed by atoms with Gasteiger partial charge in [-0.1, -0.05) is 0 Å². The van der Waals surface area contributed by atoms with Crippen molar-refractivity contribution in [2.75, 3.05) is 68.7 Å². The predicted octanol–water partition coefficient (Wildman–Crippen LogP) is 4.33. The van der Waals surface area contributed by atoms with Crippen LogP contribution in [0.4, 0.5) is 33.7 Å². The summed E-state index contributed by atoms with van der Waals surface area (Å²) in [6, 6.07) is 6.61. The fourth-order valence-electron chi connectivity index (χ4n) is 5.40. The van der Waals surface area contributed by atoms with Crippen LogP contribution in [0.25, 0.3) is 0 Å². The molecular formula is C28H36ClF4N5O3. The minimum Gasteiger partial charge on any atom is -0.465 e. The fraction of sp³-hybridized carbons (Fsp3) is 0.500. The van der Waals surface area contributed by atoms with Gasteiger partial charge in [0.1, 0.15) is 29.3 Å². The normalized spacial score (nSPS) is 19.5. The molecule has 3 heterocycles. The Bertz CT molecular complexity index is 1190. The van der Waals surface area contributed by atoms with Crippen molar-refractivity contribution in [3.63, 3.8) is 0 Å². The number of rotatable bonds is 3. The summed E-state index contributed by atoms with van der Waals surface area (Å²) in [5.41, 5.74) is 0.823. The third-order valence-corrected chi connectivity index (χ3v) is 7.43. The van der Waals surface area contributed by atoms with Gasteiger partial charge >= 0.3 is 6.09 Å². The highest BCUT2D eigenvalue weighted by atomic mass is 35.5. The third kappa shape index (κ3) is 8.38. The molecule has 1 atom stereocenters. The number of likely N-dealkylation sites (tertiary alicyclic amines) is 1. The van der Waals surface area contributed by atoms with E-state index in [1.165, 1.54) is 29.2 Å². The van der Waals surface area contributed by atoms with Crippen molar-refractivity contribution in [1.82, 2.24) is 15.1 Å². The van der Waals surface area contributed by atoms with Gasteiger partial charge in [0.05, 0.1) is 11.4 Å². The van der Waals surface area contributed by atoms with E-state index in [2.05, 4.69) is 5.32 Å². The summed E-state index contributed by atoms with van der Waals surface area (Å²) in [4.78, 5) is 30.6. The Morgan fingerprint density at radius 3 is 1.95 bits per heavy atom. The molecule has 3 aliphatic heterocycles. The summed E-state index contributed by atoms with van der Waals surface area (Å²) in [5, 5.41) is 12.4. The smallest absolute Gasteiger partial charge is 0.407 e. The van der Waals surface area contributed by atoms with Gasteiger partial charge < -0.3 is 25.1 Å². The second kappa shape index (κ2) is 15.1. The Labute approximate surface area is 243 Å². The molecule has 0 aliphatic carbocycles. The van der Waals surface area contributed by atoms with Gasteiger partial charge in [-0.15, -0.1) is 12.4 Å². The van der Waals surface area contributed by atoms with E-state index in [1.807, 2.05) is 4.90 Å². The third-order valence-electron chi connectivity index (χ3n) is 7.43. The molecule has 0 bridgehead atoms. The topological polar surface area (TPSA) is 79.4 Å². The van der Waals surface area contributed by atoms with Crippen molar-refractivity contribution in [2.24, 2.45) is 0 Å². The van der Waals surface area contributed by atoms with Gasteiger partial charge in [0.25, 0.3) is 0 Å². The van der Waals surface area contributed by atoms with Crippen molar-refractivity contribution in [1.29, 1.82) is 0 Å². The largest absolute Gasteiger partial charge is 0.465 e. The van der Waals surface area contributed by atoms with E-state index in [9.17, 15) is 32.3 Å². The van der Waals surface area contributed by atoms with Crippen LogP contribution in [0.2, 0.25) is 0 Å². The minimum absolute atomic E-state index is 0. The summed E-state index contributed by atoms with van der Waals surface area (Å²) in [5.74, 6) is -2.42. The molecule has 0 aromatic heterocycles. The van der Waals surface area contributed by atoms with Crippen molar-refractivity contribution >= 4 is 35.8 Å². The van der Waals surface area contributed by atoms with E-state index in [0.717, 1.165) is 44.7 Å². The Hall–Kier alpha value is -3.25. The molecule has 0 saturated carbocycles. The van der Waals surface area contributed by atoms with Crippen LogP contribution >= 0.6 is 12.4 Å². The monoisotopic (exact) mass is 601 g/mol. The maximum atomic E-state index is 14.0. The Kier molecular flexibility index (Phi) is 11.9. The van der Waals surface area contributed by atoms with Gasteiger partial charge in [-0.25, -0.2) is 22.4 Å². The molecule has 8 nitrogen and oxygen atoms in total. The number of benzene rings is 2. The molecule has 2 N–H and O–H groups in total. The number of nitrogens with one attached hydrogen (secondary N) is 1. The molecule has 0 unspecified atom stereocenters. The van der Waals surface area contributed by atoms with Gasteiger partial charge in [-0.05, 0) is 56.5 Å². The highest BCUT2D eigenvalue weighted by molar-refractivity contribution is 5.86. The van der Waals surface area contributed by atoms with Crippen LogP contribution < -0.4 is 15.1 Å². The second-order valence-electron chi connectivity index (χ2n) is 10.1. The van der Waals surface area contributed by atoms with E-state index in [-0.39, 0.29) is 18.3 Å². The van der Waals surface area contributed by atoms with Crippen molar-refractivity contribution < 1.29 is 32.3 Å². The molecule has 2 aromatic carbocycles. The Morgan fingerprint density at radius 1 is 0.732 bits per heavy atom. The summed E-state index contributed by atoms with van der Waals surface area (Å²) in [6.45, 7) is 5.64. The zero-order chi connectivity index (χ0) is 28.6. The highest BCUT2D eigenvalue weighted by Gasteiger charge is 2.37. The SMILES string of the molecule is Cl.Fc1ccc(N2CCCNCC2)c(F)c1.O=C([C@@H]1CCCN1C(=O)O)N1CCCN(c2ccc(F)cc2F)CC1. The lowest BCUT2D eigenvalue weighted by Gasteiger charge is -2.28. The zero-order valence-electron chi connectivity index (χ0n) is 22.7. The van der Waals surface area contributed by atoms with E-state index >= 15 is 0 Å². The summed E-state index contributed by atoms with van der Waals surface area (Å²) < 4.78 is 53.2. The van der Waals surface area contributed by atoms with Crippen LogP contribution in [0.1, 0.15) is 25.7 Å². The van der Waals surface area contributed by atoms with Crippen LogP contribution in [0.3, 0.4) is 0 Å². The lowest BCUT2D eigenvalue weighted by atomic mass is 10.2. The van der Waals surface area contributed by atoms with Gasteiger partial charge in [-0.2, -0.15) is 0 Å². The average Bonchev–Trinajstić information content (AvgIpc) is 3.09. The first-order chi connectivity index (χ1) is 19.2. The van der Waals surface area contributed by atoms with Gasteiger partial charge in [0.15, 0.2) is 0 Å². The zero-order valence-corrected chi connectivity index (χ0v) is 23.5. The number of hydrogen-bond acceptors (Lipinski definition) is 5. The first-order valence-electron chi connectivity index (χ1n) is 13.6. The van der Waals surface area contributed by atoms with Crippen molar-refractivity contribution in [3.8, 4) is 0 Å². The van der Waals surface area contributed by atoms with Gasteiger partial charge in [0.2, 0.25) is 5.91 Å². The Morgan fingerprint density at radius 2 is 1.34 bits per heavy atom. The quantitative estimate of drug-likeness (QED) is 0.510. The lowest BCUT2D eigenvalue weighted by molar-refractivity contribution is -0.135. The van der Waals surface area contributed by atoms with Gasteiger partial charge in [-0.3, -0.25) is 9.69 Å².